The number of anilines is 2. The quantitative estimate of drug-likeness (QED) is 0.861. The van der Waals surface area contributed by atoms with E-state index >= 15 is 0 Å². The molecular weight excluding hydrogens is 282 g/mol. The number of nitrogens with one attached hydrogen (secondary N) is 1. The van der Waals surface area contributed by atoms with Crippen LogP contribution < -0.4 is 10.2 Å². The molecule has 0 atom stereocenters. The van der Waals surface area contributed by atoms with Crippen molar-refractivity contribution in [1.82, 2.24) is 4.98 Å². The molecule has 19 heavy (non-hydrogen) atoms. The molecule has 1 N–H and O–H groups in total. The zero-order chi connectivity index (χ0) is 13.8. The summed E-state index contributed by atoms with van der Waals surface area (Å²) in [5.41, 5.74) is 2.03. The number of hydrogen-bond donors (Lipinski definition) is 1. The molecule has 0 saturated carbocycles. The lowest BCUT2D eigenvalue weighted by Crippen LogP contribution is -2.10. The van der Waals surface area contributed by atoms with Crippen LogP contribution in [0.25, 0.3) is 10.2 Å². The maximum Gasteiger partial charge on any atom is 0.226 e. The minimum absolute atomic E-state index is 0.0347. The lowest BCUT2D eigenvalue weighted by molar-refractivity contribution is -0.116. The second-order valence-electron chi connectivity index (χ2n) is 4.41. The predicted octanol–water partition coefficient (Wildman–Crippen LogP) is 3.32. The fourth-order valence-corrected chi connectivity index (χ4v) is 2.70. The van der Waals surface area contributed by atoms with Gasteiger partial charge in [-0.3, -0.25) is 4.79 Å². The summed E-state index contributed by atoms with van der Waals surface area (Å²) < 4.78 is 1.07. The number of hydrogen-bond acceptors (Lipinski definition) is 4. The third-order valence-corrected chi connectivity index (χ3v) is 3.87. The minimum atomic E-state index is -0.0347. The Morgan fingerprint density at radius 2 is 2.26 bits per heavy atom. The Morgan fingerprint density at radius 1 is 1.47 bits per heavy atom. The molecule has 0 radical (unpaired) electrons. The molecule has 2 aromatic rings. The van der Waals surface area contributed by atoms with E-state index in [4.69, 9.17) is 11.6 Å². The van der Waals surface area contributed by atoms with E-state index in [0.717, 1.165) is 15.9 Å². The molecule has 1 aromatic heterocycles. The lowest BCUT2D eigenvalue weighted by atomic mass is 10.3. The van der Waals surface area contributed by atoms with Crippen molar-refractivity contribution in [2.75, 3.05) is 30.2 Å². The molecule has 6 heteroatoms. The summed E-state index contributed by atoms with van der Waals surface area (Å²) in [4.78, 5) is 18.0. The van der Waals surface area contributed by atoms with Gasteiger partial charge in [0.05, 0.1) is 10.2 Å². The summed E-state index contributed by atoms with van der Waals surface area (Å²) in [5.74, 6) is 0.465. The fourth-order valence-electron chi connectivity index (χ4n) is 1.65. The first-order valence-corrected chi connectivity index (χ1v) is 7.39. The topological polar surface area (TPSA) is 45.2 Å². The number of rotatable bonds is 5. The lowest BCUT2D eigenvalue weighted by Gasteiger charge is -2.11. The molecule has 2 rings (SSSR count). The van der Waals surface area contributed by atoms with Crippen LogP contribution in [-0.4, -0.2) is 30.9 Å². The van der Waals surface area contributed by atoms with Crippen molar-refractivity contribution in [3.05, 3.63) is 18.2 Å². The van der Waals surface area contributed by atoms with E-state index in [1.54, 1.807) is 0 Å². The Bertz CT molecular complexity index is 582. The van der Waals surface area contributed by atoms with Crippen LogP contribution in [0.15, 0.2) is 18.2 Å². The van der Waals surface area contributed by atoms with Crippen molar-refractivity contribution in [2.45, 2.75) is 12.8 Å². The van der Waals surface area contributed by atoms with Crippen molar-refractivity contribution in [2.24, 2.45) is 0 Å². The van der Waals surface area contributed by atoms with Gasteiger partial charge >= 0.3 is 0 Å². The molecule has 1 amide bonds. The van der Waals surface area contributed by atoms with E-state index in [-0.39, 0.29) is 5.91 Å². The number of nitrogens with zero attached hydrogens (tertiary/aromatic N) is 2. The highest BCUT2D eigenvalue weighted by molar-refractivity contribution is 7.22. The van der Waals surface area contributed by atoms with Gasteiger partial charge in [0.15, 0.2) is 5.13 Å². The molecule has 0 bridgehead atoms. The fraction of sp³-hybridized carbons (Fsp3) is 0.385. The molecule has 0 spiro atoms. The third kappa shape index (κ3) is 3.58. The van der Waals surface area contributed by atoms with Gasteiger partial charge in [0.2, 0.25) is 5.91 Å². The van der Waals surface area contributed by atoms with E-state index in [2.05, 4.69) is 16.4 Å². The van der Waals surface area contributed by atoms with Gasteiger partial charge in [-0.1, -0.05) is 11.3 Å². The van der Waals surface area contributed by atoms with Gasteiger partial charge in [-0.15, -0.1) is 11.6 Å². The largest absolute Gasteiger partial charge is 0.378 e. The number of aromatic nitrogens is 1. The van der Waals surface area contributed by atoms with Gasteiger partial charge in [0.1, 0.15) is 0 Å². The maximum atomic E-state index is 11.6. The highest BCUT2D eigenvalue weighted by Crippen LogP contribution is 2.29. The van der Waals surface area contributed by atoms with Gasteiger partial charge in [-0.05, 0) is 24.6 Å². The maximum absolute atomic E-state index is 11.6. The Labute approximate surface area is 121 Å². The van der Waals surface area contributed by atoms with Crippen LogP contribution >= 0.6 is 22.9 Å². The number of fused-ring (bicyclic) bond motifs is 1. The SMILES string of the molecule is CN(C)c1ccc2nc(NC(=O)CCCCl)sc2c1. The Kier molecular flexibility index (Phi) is 4.61. The molecule has 4 nitrogen and oxygen atoms in total. The third-order valence-electron chi connectivity index (χ3n) is 2.67. The summed E-state index contributed by atoms with van der Waals surface area (Å²) in [7, 11) is 3.99. The monoisotopic (exact) mass is 297 g/mol. The first-order chi connectivity index (χ1) is 9.10. The Balaban J connectivity index is 2.15. The average Bonchev–Trinajstić information content (AvgIpc) is 2.77. The molecule has 0 saturated heterocycles. The van der Waals surface area contributed by atoms with E-state index in [9.17, 15) is 4.79 Å². The number of carbonyl (C=O) groups is 1. The van der Waals surface area contributed by atoms with Crippen LogP contribution in [0.2, 0.25) is 0 Å². The summed E-state index contributed by atoms with van der Waals surface area (Å²) in [6.45, 7) is 0. The Hall–Kier alpha value is -1.33. The molecule has 1 heterocycles. The number of alkyl halides is 1. The first-order valence-electron chi connectivity index (χ1n) is 6.04. The summed E-state index contributed by atoms with van der Waals surface area (Å²) in [5, 5.41) is 3.46. The zero-order valence-corrected chi connectivity index (χ0v) is 12.5. The van der Waals surface area contributed by atoms with E-state index in [1.807, 2.05) is 31.1 Å². The number of halogens is 1. The van der Waals surface area contributed by atoms with E-state index < -0.39 is 0 Å². The smallest absolute Gasteiger partial charge is 0.226 e. The highest BCUT2D eigenvalue weighted by Gasteiger charge is 2.08. The van der Waals surface area contributed by atoms with Gasteiger partial charge in [0, 0.05) is 32.1 Å². The molecular formula is C13H16ClN3OS. The second-order valence-corrected chi connectivity index (χ2v) is 5.81. The number of benzene rings is 1. The number of amides is 1. The summed E-state index contributed by atoms with van der Waals surface area (Å²) in [6.07, 6.45) is 1.12. The number of thiazole rings is 1. The minimum Gasteiger partial charge on any atom is -0.378 e. The van der Waals surface area contributed by atoms with Gasteiger partial charge in [-0.25, -0.2) is 4.98 Å². The molecule has 0 aliphatic carbocycles. The van der Waals surface area contributed by atoms with Crippen molar-refractivity contribution in [3.8, 4) is 0 Å². The van der Waals surface area contributed by atoms with Crippen molar-refractivity contribution >= 4 is 49.9 Å². The normalized spacial score (nSPS) is 10.7. The molecule has 1 aromatic carbocycles. The molecule has 0 fully saturated rings. The highest BCUT2D eigenvalue weighted by atomic mass is 35.5. The van der Waals surface area contributed by atoms with E-state index in [0.29, 0.717) is 23.9 Å². The van der Waals surface area contributed by atoms with Crippen molar-refractivity contribution < 1.29 is 4.79 Å². The van der Waals surface area contributed by atoms with Crippen LogP contribution in [0.4, 0.5) is 10.8 Å². The molecule has 0 unspecified atom stereocenters. The first kappa shape index (κ1) is 14.1. The van der Waals surface area contributed by atoms with Gasteiger partial charge in [-0.2, -0.15) is 0 Å². The van der Waals surface area contributed by atoms with Gasteiger partial charge in [0.25, 0.3) is 0 Å². The Morgan fingerprint density at radius 3 is 2.95 bits per heavy atom. The number of carbonyl (C=O) groups excluding carboxylic acids is 1. The zero-order valence-electron chi connectivity index (χ0n) is 10.9. The summed E-state index contributed by atoms with van der Waals surface area (Å²) in [6, 6.07) is 6.05. The molecule has 0 aliphatic heterocycles. The van der Waals surface area contributed by atoms with Crippen LogP contribution in [0.1, 0.15) is 12.8 Å². The summed E-state index contributed by atoms with van der Waals surface area (Å²) >= 11 is 7.05. The van der Waals surface area contributed by atoms with E-state index in [1.165, 1.54) is 11.3 Å². The molecule has 0 aliphatic rings. The van der Waals surface area contributed by atoms with Crippen LogP contribution in [0.3, 0.4) is 0 Å². The predicted molar refractivity (Wildman–Crippen MR) is 82.5 cm³/mol. The standard InChI is InChI=1S/C13H16ClN3OS/c1-17(2)9-5-6-10-11(8-9)19-13(15-10)16-12(18)4-3-7-14/h5-6,8H,3-4,7H2,1-2H3,(H,15,16,18). The average molecular weight is 298 g/mol. The van der Waals surface area contributed by atoms with Crippen LogP contribution in [-0.2, 0) is 4.79 Å². The molecule has 102 valence electrons. The van der Waals surface area contributed by atoms with Crippen molar-refractivity contribution in [1.29, 1.82) is 0 Å². The second kappa shape index (κ2) is 6.21. The van der Waals surface area contributed by atoms with Crippen molar-refractivity contribution in [3.63, 3.8) is 0 Å². The van der Waals surface area contributed by atoms with Gasteiger partial charge < -0.3 is 10.2 Å². The van der Waals surface area contributed by atoms with Crippen LogP contribution in [0.5, 0.6) is 0 Å². The van der Waals surface area contributed by atoms with Crippen LogP contribution in [0, 0.1) is 0 Å².